The zero-order chi connectivity index (χ0) is 18.4. The molecule has 5 heteroatoms. The van der Waals surface area contributed by atoms with E-state index in [0.717, 1.165) is 30.0 Å². The Labute approximate surface area is 160 Å². The van der Waals surface area contributed by atoms with E-state index in [9.17, 15) is 4.79 Å². The van der Waals surface area contributed by atoms with Gasteiger partial charge in [0.2, 0.25) is 5.91 Å². The highest BCUT2D eigenvalue weighted by molar-refractivity contribution is 6.30. The second-order valence-electron chi connectivity index (χ2n) is 6.61. The molecule has 2 aromatic rings. The third-order valence-electron chi connectivity index (χ3n) is 4.85. The third-order valence-corrected chi connectivity index (χ3v) is 5.10. The average Bonchev–Trinajstić information content (AvgIpc) is 3.18. The van der Waals surface area contributed by atoms with Gasteiger partial charge in [-0.3, -0.25) is 9.69 Å². The van der Waals surface area contributed by atoms with Crippen molar-refractivity contribution in [2.24, 2.45) is 0 Å². The number of rotatable bonds is 7. The van der Waals surface area contributed by atoms with E-state index >= 15 is 0 Å². The van der Waals surface area contributed by atoms with Gasteiger partial charge in [-0.25, -0.2) is 0 Å². The van der Waals surface area contributed by atoms with E-state index in [1.54, 1.807) is 7.11 Å². The Hall–Kier alpha value is -2.04. The zero-order valence-corrected chi connectivity index (χ0v) is 15.8. The predicted octanol–water partition coefficient (Wildman–Crippen LogP) is 3.84. The Morgan fingerprint density at radius 1 is 1.15 bits per heavy atom. The van der Waals surface area contributed by atoms with Gasteiger partial charge < -0.3 is 10.1 Å². The number of amides is 1. The van der Waals surface area contributed by atoms with Crippen molar-refractivity contribution in [2.45, 2.75) is 25.3 Å². The molecule has 0 aromatic heterocycles. The van der Waals surface area contributed by atoms with E-state index in [2.05, 4.69) is 16.3 Å². The van der Waals surface area contributed by atoms with Gasteiger partial charge in [0.1, 0.15) is 5.75 Å². The Morgan fingerprint density at radius 2 is 1.85 bits per heavy atom. The number of hydrogen-bond acceptors (Lipinski definition) is 3. The van der Waals surface area contributed by atoms with Crippen LogP contribution in [0.1, 0.15) is 30.0 Å². The van der Waals surface area contributed by atoms with E-state index in [-0.39, 0.29) is 11.9 Å². The Morgan fingerprint density at radius 3 is 2.54 bits per heavy atom. The number of carbonyl (C=O) groups excluding carboxylic acids is 1. The molecule has 1 N–H and O–H groups in total. The average molecular weight is 373 g/mol. The monoisotopic (exact) mass is 372 g/mol. The second kappa shape index (κ2) is 9.06. The maximum Gasteiger partial charge on any atom is 0.224 e. The number of methoxy groups -OCH3 is 1. The molecular formula is C21H25ClN2O2. The fourth-order valence-electron chi connectivity index (χ4n) is 3.49. The minimum absolute atomic E-state index is 0.0198. The van der Waals surface area contributed by atoms with E-state index < -0.39 is 0 Å². The number of benzene rings is 2. The molecule has 0 radical (unpaired) electrons. The van der Waals surface area contributed by atoms with Gasteiger partial charge in [0, 0.05) is 17.1 Å². The molecule has 1 unspecified atom stereocenters. The lowest BCUT2D eigenvalue weighted by Crippen LogP contribution is -2.37. The van der Waals surface area contributed by atoms with Crippen molar-refractivity contribution in [2.75, 3.05) is 26.7 Å². The van der Waals surface area contributed by atoms with Crippen LogP contribution in [-0.4, -0.2) is 37.6 Å². The Kier molecular flexibility index (Phi) is 6.53. The van der Waals surface area contributed by atoms with Crippen molar-refractivity contribution < 1.29 is 9.53 Å². The standard InChI is InChI=1S/C21H25ClN2O2/c1-26-20-7-3-2-6-18(20)19(24-12-4-5-13-24)15-23-21(25)14-16-8-10-17(22)11-9-16/h2-3,6-11,19H,4-5,12-15H2,1H3,(H,23,25). The van der Waals surface area contributed by atoms with Crippen LogP contribution in [0.2, 0.25) is 5.02 Å². The highest BCUT2D eigenvalue weighted by atomic mass is 35.5. The first-order valence-electron chi connectivity index (χ1n) is 9.05. The van der Waals surface area contributed by atoms with Crippen molar-refractivity contribution >= 4 is 17.5 Å². The summed E-state index contributed by atoms with van der Waals surface area (Å²) >= 11 is 5.90. The van der Waals surface area contributed by atoms with Crippen molar-refractivity contribution in [1.82, 2.24) is 10.2 Å². The normalized spacial score (nSPS) is 15.6. The minimum atomic E-state index is 0.0198. The van der Waals surface area contributed by atoms with Gasteiger partial charge in [0.25, 0.3) is 0 Å². The molecule has 1 amide bonds. The molecule has 138 valence electrons. The van der Waals surface area contributed by atoms with Crippen LogP contribution in [0, 0.1) is 0 Å². The summed E-state index contributed by atoms with van der Waals surface area (Å²) in [7, 11) is 1.69. The zero-order valence-electron chi connectivity index (χ0n) is 15.1. The number of hydrogen-bond donors (Lipinski definition) is 1. The molecule has 1 atom stereocenters. The molecule has 3 rings (SSSR count). The van der Waals surface area contributed by atoms with Gasteiger partial charge in [-0.15, -0.1) is 0 Å². The number of para-hydroxylation sites is 1. The first-order valence-corrected chi connectivity index (χ1v) is 9.43. The molecule has 1 aliphatic rings. The summed E-state index contributed by atoms with van der Waals surface area (Å²) in [4.78, 5) is 14.8. The van der Waals surface area contributed by atoms with Crippen molar-refractivity contribution in [3.05, 3.63) is 64.7 Å². The van der Waals surface area contributed by atoms with Crippen LogP contribution in [0.15, 0.2) is 48.5 Å². The lowest BCUT2D eigenvalue weighted by atomic mass is 10.0. The highest BCUT2D eigenvalue weighted by Crippen LogP contribution is 2.31. The summed E-state index contributed by atoms with van der Waals surface area (Å²) in [5.74, 6) is 0.891. The topological polar surface area (TPSA) is 41.6 Å². The van der Waals surface area contributed by atoms with E-state index in [1.807, 2.05) is 42.5 Å². The van der Waals surface area contributed by atoms with Crippen LogP contribution < -0.4 is 10.1 Å². The van der Waals surface area contributed by atoms with Crippen molar-refractivity contribution in [3.8, 4) is 5.75 Å². The van der Waals surface area contributed by atoms with Gasteiger partial charge >= 0.3 is 0 Å². The number of ether oxygens (including phenoxy) is 1. The lowest BCUT2D eigenvalue weighted by Gasteiger charge is -2.29. The number of nitrogens with one attached hydrogen (secondary N) is 1. The summed E-state index contributed by atoms with van der Waals surface area (Å²) in [5.41, 5.74) is 2.09. The largest absolute Gasteiger partial charge is 0.496 e. The fourth-order valence-corrected chi connectivity index (χ4v) is 3.62. The summed E-state index contributed by atoms with van der Waals surface area (Å²) < 4.78 is 5.55. The van der Waals surface area contributed by atoms with Crippen LogP contribution in [0.4, 0.5) is 0 Å². The predicted molar refractivity (Wildman–Crippen MR) is 105 cm³/mol. The number of carbonyl (C=O) groups is 1. The molecule has 1 fully saturated rings. The third kappa shape index (κ3) is 4.77. The highest BCUT2D eigenvalue weighted by Gasteiger charge is 2.26. The Bertz CT molecular complexity index is 727. The van der Waals surface area contributed by atoms with Gasteiger partial charge in [0.05, 0.1) is 19.6 Å². The molecule has 2 aromatic carbocycles. The fraction of sp³-hybridized carbons (Fsp3) is 0.381. The maximum atomic E-state index is 12.4. The lowest BCUT2D eigenvalue weighted by molar-refractivity contribution is -0.120. The summed E-state index contributed by atoms with van der Waals surface area (Å²) in [6.45, 7) is 2.68. The van der Waals surface area contributed by atoms with Gasteiger partial charge in [-0.2, -0.15) is 0 Å². The number of nitrogens with zero attached hydrogens (tertiary/aromatic N) is 1. The first kappa shape index (κ1) is 18.7. The minimum Gasteiger partial charge on any atom is -0.496 e. The van der Waals surface area contributed by atoms with Gasteiger partial charge in [-0.05, 0) is 49.7 Å². The molecule has 1 saturated heterocycles. The van der Waals surface area contributed by atoms with Gasteiger partial charge in [0.15, 0.2) is 0 Å². The van der Waals surface area contributed by atoms with E-state index in [4.69, 9.17) is 16.3 Å². The maximum absolute atomic E-state index is 12.4. The van der Waals surface area contributed by atoms with E-state index in [1.165, 1.54) is 12.8 Å². The summed E-state index contributed by atoms with van der Waals surface area (Å²) in [5, 5.41) is 3.78. The van der Waals surface area contributed by atoms with Crippen LogP contribution in [0.3, 0.4) is 0 Å². The SMILES string of the molecule is COc1ccccc1C(CNC(=O)Cc1ccc(Cl)cc1)N1CCCC1. The smallest absolute Gasteiger partial charge is 0.224 e. The molecule has 1 aliphatic heterocycles. The van der Waals surface area contributed by atoms with Crippen LogP contribution >= 0.6 is 11.6 Å². The molecule has 0 aliphatic carbocycles. The summed E-state index contributed by atoms with van der Waals surface area (Å²) in [6, 6.07) is 15.6. The molecule has 0 saturated carbocycles. The molecule has 4 nitrogen and oxygen atoms in total. The summed E-state index contributed by atoms with van der Waals surface area (Å²) in [6.07, 6.45) is 2.75. The van der Waals surface area contributed by atoms with Crippen LogP contribution in [-0.2, 0) is 11.2 Å². The Balaban J connectivity index is 1.67. The van der Waals surface area contributed by atoms with E-state index in [0.29, 0.717) is 18.0 Å². The van der Waals surface area contributed by atoms with Crippen LogP contribution in [0.5, 0.6) is 5.75 Å². The van der Waals surface area contributed by atoms with Crippen molar-refractivity contribution in [3.63, 3.8) is 0 Å². The first-order chi connectivity index (χ1) is 12.7. The molecule has 26 heavy (non-hydrogen) atoms. The number of likely N-dealkylation sites (tertiary alicyclic amines) is 1. The molecule has 1 heterocycles. The van der Waals surface area contributed by atoms with Gasteiger partial charge in [-0.1, -0.05) is 41.9 Å². The van der Waals surface area contributed by atoms with Crippen molar-refractivity contribution in [1.29, 1.82) is 0 Å². The quantitative estimate of drug-likeness (QED) is 0.802. The van der Waals surface area contributed by atoms with Crippen LogP contribution in [0.25, 0.3) is 0 Å². The number of halogens is 1. The molecule has 0 bridgehead atoms. The molecular weight excluding hydrogens is 348 g/mol. The molecule has 0 spiro atoms. The second-order valence-corrected chi connectivity index (χ2v) is 7.04.